The maximum absolute atomic E-state index is 13.0. The van der Waals surface area contributed by atoms with E-state index in [0.717, 1.165) is 63.6 Å². The average molecular weight is 348 g/mol. The molecule has 0 aromatic carbocycles. The SMILES string of the molecule is COCCC1(C(=O)N2CCN(Cc3noc(C4CC4)n3)CC2)CCC1. The molecule has 1 aliphatic heterocycles. The summed E-state index contributed by atoms with van der Waals surface area (Å²) in [6, 6.07) is 0. The number of amides is 1. The molecule has 1 amide bonds. The quantitative estimate of drug-likeness (QED) is 0.748. The number of carbonyl (C=O) groups is 1. The van der Waals surface area contributed by atoms with Gasteiger partial charge in [-0.1, -0.05) is 11.6 Å². The number of carbonyl (C=O) groups excluding carboxylic acids is 1. The first-order valence-corrected chi connectivity index (χ1v) is 9.53. The van der Waals surface area contributed by atoms with E-state index >= 15 is 0 Å². The Hall–Kier alpha value is -1.47. The second-order valence-corrected chi connectivity index (χ2v) is 7.77. The van der Waals surface area contributed by atoms with Crippen LogP contribution in [0.1, 0.15) is 56.2 Å². The Balaban J connectivity index is 1.27. The Labute approximate surface area is 148 Å². The highest BCUT2D eigenvalue weighted by molar-refractivity contribution is 5.83. The molecule has 1 saturated heterocycles. The lowest BCUT2D eigenvalue weighted by Gasteiger charge is -2.45. The topological polar surface area (TPSA) is 71.7 Å². The summed E-state index contributed by atoms with van der Waals surface area (Å²) in [6.45, 7) is 4.72. The van der Waals surface area contributed by atoms with Gasteiger partial charge in [0.05, 0.1) is 12.0 Å². The van der Waals surface area contributed by atoms with E-state index in [1.54, 1.807) is 7.11 Å². The van der Waals surface area contributed by atoms with E-state index in [1.165, 1.54) is 12.8 Å². The highest BCUT2D eigenvalue weighted by Gasteiger charge is 2.46. The van der Waals surface area contributed by atoms with Gasteiger partial charge in [-0.2, -0.15) is 4.98 Å². The molecular formula is C18H28N4O3. The molecule has 0 unspecified atom stereocenters. The maximum Gasteiger partial charge on any atom is 0.229 e. The van der Waals surface area contributed by atoms with Crippen molar-refractivity contribution in [3.63, 3.8) is 0 Å². The summed E-state index contributed by atoms with van der Waals surface area (Å²) < 4.78 is 10.5. The lowest BCUT2D eigenvalue weighted by atomic mass is 9.65. The first-order valence-electron chi connectivity index (χ1n) is 9.53. The monoisotopic (exact) mass is 348 g/mol. The van der Waals surface area contributed by atoms with Crippen molar-refractivity contribution in [3.05, 3.63) is 11.7 Å². The zero-order valence-corrected chi connectivity index (χ0v) is 15.1. The summed E-state index contributed by atoms with van der Waals surface area (Å²) >= 11 is 0. The van der Waals surface area contributed by atoms with E-state index in [4.69, 9.17) is 9.26 Å². The molecule has 4 rings (SSSR count). The molecule has 138 valence electrons. The van der Waals surface area contributed by atoms with E-state index in [2.05, 4.69) is 19.9 Å². The molecule has 1 aromatic rings. The fourth-order valence-electron chi connectivity index (χ4n) is 3.94. The Morgan fingerprint density at radius 2 is 2.04 bits per heavy atom. The smallest absolute Gasteiger partial charge is 0.229 e. The van der Waals surface area contributed by atoms with E-state index in [-0.39, 0.29) is 5.41 Å². The Morgan fingerprint density at radius 3 is 2.64 bits per heavy atom. The number of methoxy groups -OCH3 is 1. The third-order valence-electron chi connectivity index (χ3n) is 5.98. The molecule has 2 saturated carbocycles. The minimum absolute atomic E-state index is 0.148. The predicted molar refractivity (Wildman–Crippen MR) is 90.9 cm³/mol. The highest BCUT2D eigenvalue weighted by atomic mass is 16.5. The van der Waals surface area contributed by atoms with Crippen molar-refractivity contribution in [2.24, 2.45) is 5.41 Å². The Bertz CT molecular complexity index is 601. The normalized spacial score (nSPS) is 23.5. The summed E-state index contributed by atoms with van der Waals surface area (Å²) in [6.07, 6.45) is 6.40. The second-order valence-electron chi connectivity index (χ2n) is 7.77. The molecule has 3 aliphatic rings. The molecule has 0 atom stereocenters. The molecule has 0 spiro atoms. The van der Waals surface area contributed by atoms with Gasteiger partial charge in [0.25, 0.3) is 0 Å². The van der Waals surface area contributed by atoms with Crippen molar-refractivity contribution < 1.29 is 14.1 Å². The number of piperazine rings is 1. The second kappa shape index (κ2) is 7.03. The van der Waals surface area contributed by atoms with Gasteiger partial charge in [-0.05, 0) is 32.1 Å². The number of hydrogen-bond donors (Lipinski definition) is 0. The zero-order valence-electron chi connectivity index (χ0n) is 15.1. The first-order chi connectivity index (χ1) is 12.2. The molecule has 0 N–H and O–H groups in total. The molecule has 25 heavy (non-hydrogen) atoms. The van der Waals surface area contributed by atoms with Gasteiger partial charge in [0.2, 0.25) is 11.8 Å². The lowest BCUT2D eigenvalue weighted by molar-refractivity contribution is -0.151. The molecule has 1 aromatic heterocycles. The number of aromatic nitrogens is 2. The van der Waals surface area contributed by atoms with E-state index in [1.807, 2.05) is 0 Å². The van der Waals surface area contributed by atoms with Crippen LogP contribution in [0.2, 0.25) is 0 Å². The number of ether oxygens (including phenoxy) is 1. The van der Waals surface area contributed by atoms with Crippen molar-refractivity contribution >= 4 is 5.91 Å². The van der Waals surface area contributed by atoms with Gasteiger partial charge in [-0.25, -0.2) is 0 Å². The summed E-state index contributed by atoms with van der Waals surface area (Å²) in [5.41, 5.74) is -0.148. The molecule has 2 heterocycles. The molecule has 3 fully saturated rings. The van der Waals surface area contributed by atoms with Gasteiger partial charge < -0.3 is 14.2 Å². The molecule has 0 bridgehead atoms. The summed E-state index contributed by atoms with van der Waals surface area (Å²) in [7, 11) is 1.71. The zero-order chi connectivity index (χ0) is 17.3. The summed E-state index contributed by atoms with van der Waals surface area (Å²) in [5, 5.41) is 4.10. The van der Waals surface area contributed by atoms with Crippen LogP contribution < -0.4 is 0 Å². The van der Waals surface area contributed by atoms with Crippen LogP contribution in [0.15, 0.2) is 4.52 Å². The van der Waals surface area contributed by atoms with E-state index in [0.29, 0.717) is 25.0 Å². The molecule has 0 radical (unpaired) electrons. The summed E-state index contributed by atoms with van der Waals surface area (Å²) in [4.78, 5) is 21.8. The van der Waals surface area contributed by atoms with Crippen LogP contribution in [0.25, 0.3) is 0 Å². The standard InChI is InChI=1S/C18H28N4O3/c1-24-12-7-18(5-2-6-18)17(23)22-10-8-21(9-11-22)13-15-19-16(25-20-15)14-3-4-14/h14H,2-13H2,1H3. The fraction of sp³-hybridized carbons (Fsp3) is 0.833. The highest BCUT2D eigenvalue weighted by Crippen LogP contribution is 2.45. The minimum atomic E-state index is -0.148. The van der Waals surface area contributed by atoms with Crippen molar-refractivity contribution in [1.29, 1.82) is 0 Å². The molecule has 2 aliphatic carbocycles. The minimum Gasteiger partial charge on any atom is -0.385 e. The third kappa shape index (κ3) is 3.58. The summed E-state index contributed by atoms with van der Waals surface area (Å²) in [5.74, 6) is 2.42. The Kier molecular flexibility index (Phi) is 4.78. The van der Waals surface area contributed by atoms with E-state index < -0.39 is 0 Å². The van der Waals surface area contributed by atoms with Crippen LogP contribution in [0.5, 0.6) is 0 Å². The van der Waals surface area contributed by atoms with Gasteiger partial charge in [0.15, 0.2) is 5.82 Å². The van der Waals surface area contributed by atoms with Crippen LogP contribution in [-0.4, -0.2) is 65.7 Å². The van der Waals surface area contributed by atoms with Crippen molar-refractivity contribution in [2.75, 3.05) is 39.9 Å². The Morgan fingerprint density at radius 1 is 1.28 bits per heavy atom. The van der Waals surface area contributed by atoms with Crippen LogP contribution in [0.3, 0.4) is 0 Å². The van der Waals surface area contributed by atoms with Crippen LogP contribution in [0.4, 0.5) is 0 Å². The molecule has 7 heteroatoms. The van der Waals surface area contributed by atoms with Crippen molar-refractivity contribution in [2.45, 2.75) is 51.0 Å². The van der Waals surface area contributed by atoms with E-state index in [9.17, 15) is 4.79 Å². The largest absolute Gasteiger partial charge is 0.385 e. The molecular weight excluding hydrogens is 320 g/mol. The van der Waals surface area contributed by atoms with Crippen LogP contribution >= 0.6 is 0 Å². The van der Waals surface area contributed by atoms with Crippen molar-refractivity contribution in [1.82, 2.24) is 19.9 Å². The van der Waals surface area contributed by atoms with Crippen LogP contribution in [0, 0.1) is 5.41 Å². The van der Waals surface area contributed by atoms with Gasteiger partial charge in [-0.3, -0.25) is 9.69 Å². The van der Waals surface area contributed by atoms with Crippen molar-refractivity contribution in [3.8, 4) is 0 Å². The van der Waals surface area contributed by atoms with Gasteiger partial charge in [0.1, 0.15) is 0 Å². The maximum atomic E-state index is 13.0. The van der Waals surface area contributed by atoms with Gasteiger partial charge >= 0.3 is 0 Å². The predicted octanol–water partition coefficient (Wildman–Crippen LogP) is 1.80. The third-order valence-corrected chi connectivity index (χ3v) is 5.98. The number of hydrogen-bond acceptors (Lipinski definition) is 6. The average Bonchev–Trinajstić information content (AvgIpc) is 3.34. The molecule has 7 nitrogen and oxygen atoms in total. The van der Waals surface area contributed by atoms with Gasteiger partial charge in [-0.15, -0.1) is 0 Å². The number of nitrogens with zero attached hydrogens (tertiary/aromatic N) is 4. The fourth-order valence-corrected chi connectivity index (χ4v) is 3.94. The number of rotatable bonds is 7. The first kappa shape index (κ1) is 17.0. The van der Waals surface area contributed by atoms with Gasteiger partial charge in [0, 0.05) is 45.8 Å². The lowest BCUT2D eigenvalue weighted by Crippen LogP contribution is -2.55. The van der Waals surface area contributed by atoms with Crippen LogP contribution in [-0.2, 0) is 16.1 Å².